The van der Waals surface area contributed by atoms with Crippen molar-refractivity contribution in [3.63, 3.8) is 0 Å². The lowest BCUT2D eigenvalue weighted by Crippen LogP contribution is -2.04. The molecule has 0 aromatic heterocycles. The van der Waals surface area contributed by atoms with Gasteiger partial charge in [-0.25, -0.2) is 8.42 Å². The van der Waals surface area contributed by atoms with Crippen molar-refractivity contribution in [3.05, 3.63) is 23.2 Å². The lowest BCUT2D eigenvalue weighted by atomic mass is 10.8. The first-order chi connectivity index (χ1) is 5.83. The van der Waals surface area contributed by atoms with Crippen LogP contribution in [0.4, 0.5) is 0 Å². The van der Waals surface area contributed by atoms with E-state index in [9.17, 15) is 8.42 Å². The van der Waals surface area contributed by atoms with E-state index >= 15 is 0 Å². The Labute approximate surface area is 80.1 Å². The third-order valence-corrected chi connectivity index (χ3v) is 2.10. The van der Waals surface area contributed by atoms with Crippen molar-refractivity contribution in [1.82, 2.24) is 9.80 Å². The molecule has 0 aliphatic heterocycles. The Balaban J connectivity index is 4.43. The van der Waals surface area contributed by atoms with Gasteiger partial charge in [0.1, 0.15) is 0 Å². The number of rotatable bonds is 4. The molecule has 0 saturated heterocycles. The smallest absolute Gasteiger partial charge is 0.195 e. The largest absolute Gasteiger partial charge is 0.383 e. The molecule has 13 heavy (non-hydrogen) atoms. The minimum absolute atomic E-state index is 1.16. The molecule has 0 fully saturated rings. The number of hydrogen-bond acceptors (Lipinski definition) is 4. The first-order valence-corrected chi connectivity index (χ1v) is 5.39. The molecule has 4 nitrogen and oxygen atoms in total. The zero-order valence-electron chi connectivity index (χ0n) is 8.43. The van der Waals surface area contributed by atoms with Crippen LogP contribution < -0.4 is 0 Å². The second-order valence-corrected chi connectivity index (χ2v) is 4.81. The highest BCUT2D eigenvalue weighted by atomic mass is 32.2. The molecule has 0 radical (unpaired) electrons. The summed E-state index contributed by atoms with van der Waals surface area (Å²) in [6, 6.07) is 0. The summed E-state index contributed by atoms with van der Waals surface area (Å²) in [6.07, 6.45) is 2.99. The van der Waals surface area contributed by atoms with Crippen LogP contribution in [0.3, 0.4) is 0 Å². The highest BCUT2D eigenvalue weighted by Gasteiger charge is 1.98. The van der Waals surface area contributed by atoms with Gasteiger partial charge in [-0.15, -0.1) is 0 Å². The molecule has 0 rings (SSSR count). The van der Waals surface area contributed by atoms with E-state index in [2.05, 4.69) is 0 Å². The van der Waals surface area contributed by atoms with E-state index in [1.54, 1.807) is 38.0 Å². The number of nitrogens with zero attached hydrogens (tertiary/aromatic N) is 2. The van der Waals surface area contributed by atoms with Crippen LogP contribution >= 0.6 is 0 Å². The van der Waals surface area contributed by atoms with Gasteiger partial charge in [-0.05, 0) is 0 Å². The molecule has 0 spiro atoms. The predicted molar refractivity (Wildman–Crippen MR) is 54.6 cm³/mol. The van der Waals surface area contributed by atoms with Gasteiger partial charge in [0.25, 0.3) is 0 Å². The van der Waals surface area contributed by atoms with Crippen LogP contribution in [0.15, 0.2) is 23.2 Å². The van der Waals surface area contributed by atoms with E-state index in [1.165, 1.54) is 12.4 Å². The van der Waals surface area contributed by atoms with Crippen molar-refractivity contribution in [2.45, 2.75) is 0 Å². The highest BCUT2D eigenvalue weighted by Crippen LogP contribution is 1.96. The molecular weight excluding hydrogens is 188 g/mol. The normalized spacial score (nSPS) is 12.6. The fraction of sp³-hybridized carbons (Fsp3) is 0.500. The third-order valence-electron chi connectivity index (χ3n) is 1.10. The lowest BCUT2D eigenvalue weighted by Gasteiger charge is -2.03. The first-order valence-electron chi connectivity index (χ1n) is 3.78. The molecule has 0 bridgehead atoms. The summed E-state index contributed by atoms with van der Waals surface area (Å²) in [7, 11) is 3.85. The summed E-state index contributed by atoms with van der Waals surface area (Å²) in [5, 5.41) is 2.32. The van der Waals surface area contributed by atoms with Crippen LogP contribution in [0.5, 0.6) is 0 Å². The summed E-state index contributed by atoms with van der Waals surface area (Å²) in [6.45, 7) is 0. The SMILES string of the molecule is CN(C)C=CS(=O)(=O)C=CN(C)C. The summed E-state index contributed by atoms with van der Waals surface area (Å²) < 4.78 is 22.4. The molecule has 0 unspecified atom stereocenters. The van der Waals surface area contributed by atoms with Crippen molar-refractivity contribution >= 4 is 9.84 Å². The average Bonchev–Trinajstić information content (AvgIpc) is 1.98. The van der Waals surface area contributed by atoms with Crippen molar-refractivity contribution < 1.29 is 8.42 Å². The van der Waals surface area contributed by atoms with Gasteiger partial charge >= 0.3 is 0 Å². The molecule has 0 aliphatic carbocycles. The van der Waals surface area contributed by atoms with Crippen molar-refractivity contribution in [3.8, 4) is 0 Å². The number of sulfone groups is 1. The van der Waals surface area contributed by atoms with Crippen molar-refractivity contribution in [2.75, 3.05) is 28.2 Å². The quantitative estimate of drug-likeness (QED) is 0.667. The lowest BCUT2D eigenvalue weighted by molar-refractivity contribution is 0.559. The topological polar surface area (TPSA) is 40.6 Å². The molecular formula is C8H16N2O2S. The van der Waals surface area contributed by atoms with Gasteiger partial charge in [-0.3, -0.25) is 0 Å². The fourth-order valence-corrected chi connectivity index (χ4v) is 1.38. The Morgan fingerprint density at radius 1 is 0.846 bits per heavy atom. The van der Waals surface area contributed by atoms with Gasteiger partial charge in [-0.2, -0.15) is 0 Å². The maximum absolute atomic E-state index is 11.2. The predicted octanol–water partition coefficient (Wildman–Crippen LogP) is 0.467. The molecule has 0 atom stereocenters. The van der Waals surface area contributed by atoms with Gasteiger partial charge in [0.2, 0.25) is 0 Å². The van der Waals surface area contributed by atoms with E-state index in [0.29, 0.717) is 0 Å². The maximum atomic E-state index is 11.2. The second kappa shape index (κ2) is 4.91. The van der Waals surface area contributed by atoms with Gasteiger partial charge in [0.05, 0.1) is 10.8 Å². The van der Waals surface area contributed by atoms with E-state index < -0.39 is 9.84 Å². The standard InChI is InChI=1S/C8H16N2O2S/c1-9(2)5-7-13(11,12)8-6-10(3)4/h5-8H,1-4H3. The van der Waals surface area contributed by atoms with Crippen LogP contribution in [-0.4, -0.2) is 46.4 Å². The van der Waals surface area contributed by atoms with Crippen LogP contribution in [0.2, 0.25) is 0 Å². The maximum Gasteiger partial charge on any atom is 0.195 e. The zero-order valence-corrected chi connectivity index (χ0v) is 9.25. The van der Waals surface area contributed by atoms with Crippen molar-refractivity contribution in [1.29, 1.82) is 0 Å². The first kappa shape index (κ1) is 12.0. The molecule has 0 saturated carbocycles. The molecule has 0 aromatic rings. The van der Waals surface area contributed by atoms with Crippen molar-refractivity contribution in [2.24, 2.45) is 0 Å². The van der Waals surface area contributed by atoms with Crippen LogP contribution in [0.25, 0.3) is 0 Å². The van der Waals surface area contributed by atoms with E-state index in [1.807, 2.05) is 0 Å². The highest BCUT2D eigenvalue weighted by molar-refractivity contribution is 7.97. The molecule has 0 N–H and O–H groups in total. The van der Waals surface area contributed by atoms with Crippen LogP contribution in [-0.2, 0) is 9.84 Å². The Kier molecular flexibility index (Phi) is 4.55. The van der Waals surface area contributed by atoms with Gasteiger partial charge in [-0.1, -0.05) is 0 Å². The fourth-order valence-electron chi connectivity index (χ4n) is 0.458. The van der Waals surface area contributed by atoms with E-state index in [-0.39, 0.29) is 0 Å². The molecule has 76 valence electrons. The van der Waals surface area contributed by atoms with Crippen LogP contribution in [0.1, 0.15) is 0 Å². The Morgan fingerprint density at radius 3 is 1.38 bits per heavy atom. The van der Waals surface area contributed by atoms with Gasteiger partial charge in [0, 0.05) is 40.6 Å². The molecule has 0 aliphatic rings. The summed E-state index contributed by atoms with van der Waals surface area (Å²) >= 11 is 0. The summed E-state index contributed by atoms with van der Waals surface area (Å²) in [4.78, 5) is 3.34. The Hall–Kier alpha value is -0.970. The average molecular weight is 204 g/mol. The molecule has 0 aromatic carbocycles. The van der Waals surface area contributed by atoms with Gasteiger partial charge in [0.15, 0.2) is 9.84 Å². The van der Waals surface area contributed by atoms with E-state index in [0.717, 1.165) is 10.8 Å². The zero-order chi connectivity index (χ0) is 10.5. The molecule has 0 amide bonds. The molecule has 0 heterocycles. The van der Waals surface area contributed by atoms with Gasteiger partial charge < -0.3 is 9.80 Å². The minimum Gasteiger partial charge on any atom is -0.383 e. The Morgan fingerprint density at radius 2 is 1.15 bits per heavy atom. The minimum atomic E-state index is -3.22. The summed E-state index contributed by atoms with van der Waals surface area (Å²) in [5.74, 6) is 0. The Bertz CT molecular complexity index is 265. The van der Waals surface area contributed by atoms with Crippen LogP contribution in [0, 0.1) is 0 Å². The monoisotopic (exact) mass is 204 g/mol. The molecule has 5 heteroatoms. The third kappa shape index (κ3) is 7.39. The number of hydrogen-bond donors (Lipinski definition) is 0. The van der Waals surface area contributed by atoms with E-state index in [4.69, 9.17) is 0 Å². The summed E-state index contributed by atoms with van der Waals surface area (Å²) in [5.41, 5.74) is 0. The second-order valence-electron chi connectivity index (χ2n) is 3.09.